The smallest absolute Gasteiger partial charge is 0.158 e. The third-order valence-corrected chi connectivity index (χ3v) is 4.67. The lowest BCUT2D eigenvalue weighted by Crippen LogP contribution is -2.29. The zero-order valence-electron chi connectivity index (χ0n) is 14.2. The van der Waals surface area contributed by atoms with Crippen LogP contribution in [0.5, 0.6) is 0 Å². The van der Waals surface area contributed by atoms with E-state index >= 15 is 0 Å². The summed E-state index contributed by atoms with van der Waals surface area (Å²) in [6.45, 7) is 3.26. The highest BCUT2D eigenvalue weighted by molar-refractivity contribution is 5.76. The van der Waals surface area contributed by atoms with Gasteiger partial charge in [-0.1, -0.05) is 18.4 Å². The van der Waals surface area contributed by atoms with E-state index in [0.717, 1.165) is 42.2 Å². The van der Waals surface area contributed by atoms with Crippen LogP contribution in [-0.4, -0.2) is 32.6 Å². The van der Waals surface area contributed by atoms with Crippen molar-refractivity contribution in [2.24, 2.45) is 0 Å². The van der Waals surface area contributed by atoms with E-state index in [1.807, 2.05) is 35.0 Å². The van der Waals surface area contributed by atoms with Gasteiger partial charge in [0.05, 0.1) is 0 Å². The normalized spacial score (nSPS) is 15.2. The lowest BCUT2D eigenvalue weighted by Gasteiger charge is -2.26. The summed E-state index contributed by atoms with van der Waals surface area (Å²) in [6, 6.07) is 9.95. The molecule has 0 atom stereocenters. The number of hydrogen-bond donors (Lipinski definition) is 1. The lowest BCUT2D eigenvalue weighted by atomic mass is 10.1. The molecule has 2 aromatic heterocycles. The predicted octanol–water partition coefficient (Wildman–Crippen LogP) is 3.44. The molecule has 1 aliphatic heterocycles. The highest BCUT2D eigenvalue weighted by Crippen LogP contribution is 2.25. The average Bonchev–Trinajstić information content (AvgIpc) is 3.07. The van der Waals surface area contributed by atoms with Crippen LogP contribution in [0.2, 0.25) is 0 Å². The summed E-state index contributed by atoms with van der Waals surface area (Å²) in [4.78, 5) is 6.98. The summed E-state index contributed by atoms with van der Waals surface area (Å²) >= 11 is 0. The summed E-state index contributed by atoms with van der Waals surface area (Å²) in [5.74, 6) is 3.47. The number of terminal acetylenes is 1. The van der Waals surface area contributed by atoms with E-state index in [1.165, 1.54) is 24.8 Å². The largest absolute Gasteiger partial charge is 0.338 e. The first-order valence-corrected chi connectivity index (χ1v) is 8.71. The topological polar surface area (TPSA) is 45.5 Å². The minimum Gasteiger partial charge on any atom is -0.338 e. The maximum absolute atomic E-state index is 5.50. The van der Waals surface area contributed by atoms with Gasteiger partial charge in [0.2, 0.25) is 0 Å². The van der Waals surface area contributed by atoms with Crippen molar-refractivity contribution in [1.82, 2.24) is 19.5 Å². The van der Waals surface area contributed by atoms with E-state index < -0.39 is 0 Å². The van der Waals surface area contributed by atoms with Crippen LogP contribution >= 0.6 is 0 Å². The van der Waals surface area contributed by atoms with Gasteiger partial charge in [0.25, 0.3) is 0 Å². The predicted molar refractivity (Wildman–Crippen MR) is 99.8 cm³/mol. The van der Waals surface area contributed by atoms with Gasteiger partial charge < -0.3 is 5.32 Å². The van der Waals surface area contributed by atoms with Gasteiger partial charge in [-0.2, -0.15) is 5.10 Å². The second kappa shape index (κ2) is 6.96. The summed E-state index contributed by atoms with van der Waals surface area (Å²) in [5.41, 5.74) is 4.05. The van der Waals surface area contributed by atoms with Gasteiger partial charge in [-0.15, -0.1) is 6.42 Å². The molecule has 0 spiro atoms. The highest BCUT2D eigenvalue weighted by Gasteiger charge is 2.15. The van der Waals surface area contributed by atoms with Gasteiger partial charge in [0, 0.05) is 24.0 Å². The third-order valence-electron chi connectivity index (χ3n) is 4.67. The number of nitrogens with one attached hydrogen (secondary N) is 1. The van der Waals surface area contributed by atoms with Crippen LogP contribution < -0.4 is 5.32 Å². The molecule has 0 amide bonds. The Kier molecular flexibility index (Phi) is 4.36. The highest BCUT2D eigenvalue weighted by atomic mass is 15.3. The first kappa shape index (κ1) is 15.7. The fourth-order valence-electron chi connectivity index (χ4n) is 3.42. The molecule has 126 valence electrons. The molecule has 0 unspecified atom stereocenters. The molecule has 1 aromatic carbocycles. The van der Waals surface area contributed by atoms with Gasteiger partial charge in [0.1, 0.15) is 11.8 Å². The molecule has 1 aliphatic rings. The molecule has 0 saturated carbocycles. The van der Waals surface area contributed by atoms with Crippen LogP contribution in [0.4, 0.5) is 11.5 Å². The molecule has 0 aliphatic carbocycles. The zero-order valence-corrected chi connectivity index (χ0v) is 14.2. The Hall–Kier alpha value is -2.84. The molecular weight excluding hydrogens is 310 g/mol. The van der Waals surface area contributed by atoms with Gasteiger partial charge in [-0.3, -0.25) is 4.90 Å². The number of aromatic nitrogens is 3. The number of fused-ring (bicyclic) bond motifs is 1. The maximum atomic E-state index is 5.50. The zero-order chi connectivity index (χ0) is 17.1. The van der Waals surface area contributed by atoms with E-state index in [0.29, 0.717) is 0 Å². The van der Waals surface area contributed by atoms with Gasteiger partial charge in [-0.05, 0) is 55.8 Å². The molecule has 1 N–H and O–H groups in total. The van der Waals surface area contributed by atoms with Crippen molar-refractivity contribution in [2.45, 2.75) is 25.8 Å². The molecule has 1 saturated heterocycles. The van der Waals surface area contributed by atoms with Gasteiger partial charge in [0.15, 0.2) is 5.82 Å². The molecule has 0 radical (unpaired) electrons. The van der Waals surface area contributed by atoms with Crippen LogP contribution in [0.15, 0.2) is 42.9 Å². The molecular formula is C20H21N5. The Bertz CT molecular complexity index is 915. The molecule has 5 nitrogen and oxygen atoms in total. The van der Waals surface area contributed by atoms with Crippen LogP contribution in [0, 0.1) is 12.3 Å². The average molecular weight is 331 g/mol. The first-order valence-electron chi connectivity index (χ1n) is 8.71. The molecule has 3 heterocycles. The Morgan fingerprint density at radius 1 is 1.16 bits per heavy atom. The SMILES string of the molecule is C#Cc1cccc(Nc2ncnn3ccc(CN4CCCCC4)c23)c1. The van der Waals surface area contributed by atoms with E-state index in [9.17, 15) is 0 Å². The Labute approximate surface area is 147 Å². The summed E-state index contributed by atoms with van der Waals surface area (Å²) in [6.07, 6.45) is 13.0. The van der Waals surface area contributed by atoms with E-state index in [4.69, 9.17) is 6.42 Å². The second-order valence-corrected chi connectivity index (χ2v) is 6.43. The van der Waals surface area contributed by atoms with E-state index in [2.05, 4.69) is 32.3 Å². The molecule has 3 aromatic rings. The van der Waals surface area contributed by atoms with Crippen molar-refractivity contribution in [3.8, 4) is 12.3 Å². The second-order valence-electron chi connectivity index (χ2n) is 6.43. The number of benzene rings is 1. The first-order chi connectivity index (χ1) is 12.3. The number of anilines is 2. The Morgan fingerprint density at radius 2 is 2.04 bits per heavy atom. The summed E-state index contributed by atoms with van der Waals surface area (Å²) < 4.78 is 1.89. The van der Waals surface area contributed by atoms with Crippen LogP contribution in [0.25, 0.3) is 5.52 Å². The number of rotatable bonds is 4. The standard InChI is InChI=1S/C20H21N5/c1-2-16-7-6-8-18(13-16)23-20-19-17(9-12-25(19)22-15-21-20)14-24-10-4-3-5-11-24/h1,6-9,12-13,15H,3-5,10-11,14H2,(H,21,22,23). The van der Waals surface area contributed by atoms with Gasteiger partial charge in [-0.25, -0.2) is 9.50 Å². The fraction of sp³-hybridized carbons (Fsp3) is 0.300. The monoisotopic (exact) mass is 331 g/mol. The number of likely N-dealkylation sites (tertiary alicyclic amines) is 1. The van der Waals surface area contributed by atoms with Gasteiger partial charge >= 0.3 is 0 Å². The quantitative estimate of drug-likeness (QED) is 0.744. The molecule has 0 bridgehead atoms. The minimum absolute atomic E-state index is 0.807. The minimum atomic E-state index is 0.807. The lowest BCUT2D eigenvalue weighted by molar-refractivity contribution is 0.221. The van der Waals surface area contributed by atoms with Crippen LogP contribution in [0.3, 0.4) is 0 Å². The molecule has 1 fully saturated rings. The molecule has 5 heteroatoms. The Balaban J connectivity index is 1.66. The van der Waals surface area contributed by atoms with E-state index in [-0.39, 0.29) is 0 Å². The number of piperidine rings is 1. The number of hydrogen-bond acceptors (Lipinski definition) is 4. The van der Waals surface area contributed by atoms with Crippen molar-refractivity contribution in [3.05, 3.63) is 54.0 Å². The van der Waals surface area contributed by atoms with Crippen LogP contribution in [-0.2, 0) is 6.54 Å². The number of nitrogens with zero attached hydrogens (tertiary/aromatic N) is 4. The molecule has 4 rings (SSSR count). The van der Waals surface area contributed by atoms with E-state index in [1.54, 1.807) is 6.33 Å². The van der Waals surface area contributed by atoms with Crippen molar-refractivity contribution < 1.29 is 0 Å². The fourth-order valence-corrected chi connectivity index (χ4v) is 3.42. The van der Waals surface area contributed by atoms with Crippen LogP contribution in [0.1, 0.15) is 30.4 Å². The summed E-state index contributed by atoms with van der Waals surface area (Å²) in [5, 5.41) is 7.75. The van der Waals surface area contributed by atoms with Crippen molar-refractivity contribution in [3.63, 3.8) is 0 Å². The summed E-state index contributed by atoms with van der Waals surface area (Å²) in [7, 11) is 0. The molecule has 25 heavy (non-hydrogen) atoms. The maximum Gasteiger partial charge on any atom is 0.158 e. The van der Waals surface area contributed by atoms with Crippen molar-refractivity contribution >= 4 is 17.0 Å². The Morgan fingerprint density at radius 3 is 2.88 bits per heavy atom. The van der Waals surface area contributed by atoms with Crippen molar-refractivity contribution in [1.29, 1.82) is 0 Å². The van der Waals surface area contributed by atoms with Crippen molar-refractivity contribution in [2.75, 3.05) is 18.4 Å². The third kappa shape index (κ3) is 3.35.